The Morgan fingerprint density at radius 2 is 2.05 bits per heavy atom. The molecule has 0 radical (unpaired) electrons. The number of nitrogens with one attached hydrogen (secondary N) is 1. The van der Waals surface area contributed by atoms with Gasteiger partial charge in [-0.3, -0.25) is 9.78 Å². The second kappa shape index (κ2) is 7.45. The molecule has 1 heterocycles. The molecule has 0 aliphatic carbocycles. The van der Waals surface area contributed by atoms with Gasteiger partial charge in [-0.05, 0) is 44.2 Å². The van der Waals surface area contributed by atoms with Crippen molar-refractivity contribution in [2.24, 2.45) is 0 Å². The van der Waals surface area contributed by atoms with Gasteiger partial charge in [-0.2, -0.15) is 0 Å². The van der Waals surface area contributed by atoms with E-state index in [1.54, 1.807) is 25.3 Å². The zero-order valence-electron chi connectivity index (χ0n) is 13.1. The second-order valence-corrected chi connectivity index (χ2v) is 4.75. The van der Waals surface area contributed by atoms with Crippen LogP contribution in [-0.2, 0) is 6.54 Å². The molecule has 0 bridgehead atoms. The molecule has 0 fully saturated rings. The van der Waals surface area contributed by atoms with E-state index < -0.39 is 0 Å². The quantitative estimate of drug-likeness (QED) is 0.891. The Bertz CT molecular complexity index is 656. The zero-order chi connectivity index (χ0) is 15.9. The smallest absolute Gasteiger partial charge is 0.251 e. The molecule has 1 aromatic heterocycles. The highest BCUT2D eigenvalue weighted by Gasteiger charge is 2.11. The van der Waals surface area contributed by atoms with Crippen LogP contribution in [0.1, 0.15) is 28.7 Å². The molecule has 0 spiro atoms. The average molecular weight is 300 g/mol. The lowest BCUT2D eigenvalue weighted by atomic mass is 10.2. The van der Waals surface area contributed by atoms with Crippen molar-refractivity contribution in [3.8, 4) is 11.5 Å². The molecule has 0 aliphatic heterocycles. The largest absolute Gasteiger partial charge is 0.493 e. The molecule has 5 heteroatoms. The van der Waals surface area contributed by atoms with Gasteiger partial charge < -0.3 is 14.8 Å². The number of benzene rings is 1. The Morgan fingerprint density at radius 3 is 2.73 bits per heavy atom. The van der Waals surface area contributed by atoms with E-state index in [0.717, 1.165) is 11.4 Å². The molecule has 0 atom stereocenters. The molecule has 2 rings (SSSR count). The van der Waals surface area contributed by atoms with Crippen LogP contribution in [0, 0.1) is 6.92 Å². The number of aryl methyl sites for hydroxylation is 1. The molecule has 0 saturated carbocycles. The maximum Gasteiger partial charge on any atom is 0.251 e. The Morgan fingerprint density at radius 1 is 1.23 bits per heavy atom. The van der Waals surface area contributed by atoms with Gasteiger partial charge in [-0.25, -0.2) is 0 Å². The topological polar surface area (TPSA) is 60.5 Å². The van der Waals surface area contributed by atoms with Crippen molar-refractivity contribution in [1.29, 1.82) is 0 Å². The van der Waals surface area contributed by atoms with Crippen molar-refractivity contribution < 1.29 is 14.3 Å². The number of ether oxygens (including phenoxy) is 2. The lowest BCUT2D eigenvalue weighted by Crippen LogP contribution is -2.23. The molecule has 1 aromatic carbocycles. The number of hydrogen-bond donors (Lipinski definition) is 1. The minimum Gasteiger partial charge on any atom is -0.493 e. The van der Waals surface area contributed by atoms with Gasteiger partial charge in [-0.15, -0.1) is 0 Å². The van der Waals surface area contributed by atoms with Crippen LogP contribution in [0.5, 0.6) is 11.5 Å². The minimum atomic E-state index is -0.176. The third-order valence-corrected chi connectivity index (χ3v) is 3.10. The number of methoxy groups -OCH3 is 1. The van der Waals surface area contributed by atoms with Gasteiger partial charge in [0.25, 0.3) is 5.91 Å². The summed E-state index contributed by atoms with van der Waals surface area (Å²) in [7, 11) is 1.55. The third kappa shape index (κ3) is 3.97. The number of aromatic nitrogens is 1. The van der Waals surface area contributed by atoms with Crippen LogP contribution in [0.2, 0.25) is 0 Å². The highest BCUT2D eigenvalue weighted by atomic mass is 16.5. The maximum absolute atomic E-state index is 12.2. The molecule has 0 unspecified atom stereocenters. The molecule has 116 valence electrons. The summed E-state index contributed by atoms with van der Waals surface area (Å²) in [4.78, 5) is 16.6. The van der Waals surface area contributed by atoms with Crippen molar-refractivity contribution in [3.63, 3.8) is 0 Å². The van der Waals surface area contributed by atoms with Gasteiger partial charge in [0.05, 0.1) is 26.0 Å². The van der Waals surface area contributed by atoms with Crippen LogP contribution < -0.4 is 14.8 Å². The number of pyridine rings is 1. The summed E-state index contributed by atoms with van der Waals surface area (Å²) in [5, 5.41) is 2.85. The Labute approximate surface area is 130 Å². The number of nitrogens with zero attached hydrogens (tertiary/aromatic N) is 1. The third-order valence-electron chi connectivity index (χ3n) is 3.10. The van der Waals surface area contributed by atoms with Crippen LogP contribution in [-0.4, -0.2) is 24.6 Å². The average Bonchev–Trinajstić information content (AvgIpc) is 2.53. The summed E-state index contributed by atoms with van der Waals surface area (Å²) in [5.41, 5.74) is 2.27. The van der Waals surface area contributed by atoms with E-state index in [2.05, 4.69) is 10.3 Å². The summed E-state index contributed by atoms with van der Waals surface area (Å²) in [6.45, 7) is 4.74. The van der Waals surface area contributed by atoms with Crippen LogP contribution >= 0.6 is 0 Å². The summed E-state index contributed by atoms with van der Waals surface area (Å²) >= 11 is 0. The molecule has 0 saturated heterocycles. The summed E-state index contributed by atoms with van der Waals surface area (Å²) in [5.74, 6) is 0.995. The first-order valence-corrected chi connectivity index (χ1v) is 7.15. The molecule has 1 amide bonds. The minimum absolute atomic E-state index is 0.176. The van der Waals surface area contributed by atoms with Crippen molar-refractivity contribution in [3.05, 3.63) is 53.3 Å². The molecule has 2 aromatic rings. The first-order chi connectivity index (χ1) is 10.6. The fraction of sp³-hybridized carbons (Fsp3) is 0.294. The van der Waals surface area contributed by atoms with Crippen LogP contribution in [0.15, 0.2) is 36.4 Å². The Kier molecular flexibility index (Phi) is 5.36. The molecule has 5 nitrogen and oxygen atoms in total. The molecular weight excluding hydrogens is 280 g/mol. The highest BCUT2D eigenvalue weighted by Crippen LogP contribution is 2.27. The van der Waals surface area contributed by atoms with E-state index in [0.29, 0.717) is 30.2 Å². The maximum atomic E-state index is 12.2. The number of carbonyl (C=O) groups excluding carboxylic acids is 1. The predicted octanol–water partition coefficient (Wildman–Crippen LogP) is 2.73. The van der Waals surface area contributed by atoms with Gasteiger partial charge in [-0.1, -0.05) is 6.07 Å². The van der Waals surface area contributed by atoms with E-state index in [1.165, 1.54) is 0 Å². The van der Waals surface area contributed by atoms with Crippen molar-refractivity contribution in [2.45, 2.75) is 20.4 Å². The van der Waals surface area contributed by atoms with E-state index in [1.807, 2.05) is 32.0 Å². The lowest BCUT2D eigenvalue weighted by Gasteiger charge is -2.11. The zero-order valence-corrected chi connectivity index (χ0v) is 13.1. The molecule has 0 aliphatic rings. The van der Waals surface area contributed by atoms with Gasteiger partial charge in [0, 0.05) is 11.3 Å². The van der Waals surface area contributed by atoms with Gasteiger partial charge in [0.2, 0.25) is 0 Å². The number of rotatable bonds is 6. The van der Waals surface area contributed by atoms with Crippen LogP contribution in [0.25, 0.3) is 0 Å². The number of hydrogen-bond acceptors (Lipinski definition) is 4. The van der Waals surface area contributed by atoms with Crippen LogP contribution in [0.4, 0.5) is 0 Å². The fourth-order valence-corrected chi connectivity index (χ4v) is 2.05. The monoisotopic (exact) mass is 300 g/mol. The lowest BCUT2D eigenvalue weighted by molar-refractivity contribution is 0.0950. The van der Waals surface area contributed by atoms with Gasteiger partial charge in [0.15, 0.2) is 11.5 Å². The number of amides is 1. The number of carbonyl (C=O) groups is 1. The molecular formula is C17H20N2O3. The van der Waals surface area contributed by atoms with Crippen molar-refractivity contribution in [1.82, 2.24) is 10.3 Å². The SMILES string of the molecule is CCOc1ccc(C(=O)NCc2cccc(C)n2)cc1OC. The standard InChI is InChI=1S/C17H20N2O3/c1-4-22-15-9-8-13(10-16(15)21-3)17(20)18-11-14-7-5-6-12(2)19-14/h5-10H,4,11H2,1-3H3,(H,18,20). The van der Waals surface area contributed by atoms with E-state index in [9.17, 15) is 4.79 Å². The first-order valence-electron chi connectivity index (χ1n) is 7.15. The normalized spacial score (nSPS) is 10.1. The van der Waals surface area contributed by atoms with Crippen molar-refractivity contribution in [2.75, 3.05) is 13.7 Å². The second-order valence-electron chi connectivity index (χ2n) is 4.75. The summed E-state index contributed by atoms with van der Waals surface area (Å²) in [6, 6.07) is 10.8. The summed E-state index contributed by atoms with van der Waals surface area (Å²) in [6.07, 6.45) is 0. The van der Waals surface area contributed by atoms with Gasteiger partial charge in [0.1, 0.15) is 0 Å². The van der Waals surface area contributed by atoms with E-state index in [-0.39, 0.29) is 5.91 Å². The highest BCUT2D eigenvalue weighted by molar-refractivity contribution is 5.94. The first kappa shape index (κ1) is 15.8. The van der Waals surface area contributed by atoms with Gasteiger partial charge >= 0.3 is 0 Å². The molecule has 1 N–H and O–H groups in total. The van der Waals surface area contributed by atoms with E-state index >= 15 is 0 Å². The molecule has 22 heavy (non-hydrogen) atoms. The fourth-order valence-electron chi connectivity index (χ4n) is 2.05. The summed E-state index contributed by atoms with van der Waals surface area (Å²) < 4.78 is 10.7. The Hall–Kier alpha value is -2.56. The van der Waals surface area contributed by atoms with Crippen LogP contribution in [0.3, 0.4) is 0 Å². The predicted molar refractivity (Wildman–Crippen MR) is 84.3 cm³/mol. The van der Waals surface area contributed by atoms with Crippen molar-refractivity contribution >= 4 is 5.91 Å². The van der Waals surface area contributed by atoms with E-state index in [4.69, 9.17) is 9.47 Å². The Balaban J connectivity index is 2.06.